The van der Waals surface area contributed by atoms with E-state index in [2.05, 4.69) is 80.6 Å². The zero-order chi connectivity index (χ0) is 14.7. The Kier molecular flexibility index (Phi) is 5.96. The van der Waals surface area contributed by atoms with Gasteiger partial charge in [0.25, 0.3) is 0 Å². The Morgan fingerprint density at radius 1 is 0.591 bits per heavy atom. The third kappa shape index (κ3) is 3.86. The van der Waals surface area contributed by atoms with Crippen molar-refractivity contribution in [1.29, 1.82) is 0 Å². The molecule has 0 fully saturated rings. The summed E-state index contributed by atoms with van der Waals surface area (Å²) in [6.07, 6.45) is 0. The van der Waals surface area contributed by atoms with Gasteiger partial charge in [0, 0.05) is 18.6 Å². The Balaban J connectivity index is 0.00000176. The normalized spacial score (nSPS) is 10.3. The van der Waals surface area contributed by atoms with Crippen LogP contribution in [0.3, 0.4) is 0 Å². The molecule has 0 saturated heterocycles. The van der Waals surface area contributed by atoms with Crippen LogP contribution in [0.5, 0.6) is 0 Å². The fourth-order valence-corrected chi connectivity index (χ4v) is 4.31. The average molecular weight is 341 g/mol. The fourth-order valence-electron chi connectivity index (χ4n) is 2.26. The quantitative estimate of drug-likeness (QED) is 0.454. The maximum Gasteiger partial charge on any atom is 0.164 e. The number of aryl methyl sites for hydroxylation is 2. The van der Waals surface area contributed by atoms with Crippen molar-refractivity contribution < 1.29 is 18.6 Å². The molecule has 0 aliphatic carbocycles. The standard InChI is InChI=1S/C20H18S.V/c1-16-8-12-19(13-9-16)21(18-6-4-3-5-7-18)20-14-10-17(2)11-15-20;/h4-15H,1-2H3;. The topological polar surface area (TPSA) is 0 Å². The molecule has 0 saturated carbocycles. The van der Waals surface area contributed by atoms with E-state index in [9.17, 15) is 0 Å². The Morgan fingerprint density at radius 3 is 1.36 bits per heavy atom. The summed E-state index contributed by atoms with van der Waals surface area (Å²) in [5, 5.41) is 0. The third-order valence-electron chi connectivity index (χ3n) is 3.44. The predicted octanol–water partition coefficient (Wildman–Crippen LogP) is 5.20. The molecule has 0 unspecified atom stereocenters. The molecule has 109 valence electrons. The largest absolute Gasteiger partial charge is 0.183 e. The molecule has 1 radical (unpaired) electrons. The van der Waals surface area contributed by atoms with Crippen molar-refractivity contribution in [2.45, 2.75) is 28.5 Å². The summed E-state index contributed by atoms with van der Waals surface area (Å²) in [4.78, 5) is 4.05. The second-order valence-electron chi connectivity index (χ2n) is 5.17. The van der Waals surface area contributed by atoms with Crippen molar-refractivity contribution in [2.24, 2.45) is 0 Å². The Morgan fingerprint density at radius 2 is 0.955 bits per heavy atom. The molecule has 22 heavy (non-hydrogen) atoms. The molecule has 0 atom stereocenters. The van der Waals surface area contributed by atoms with E-state index in [1.54, 1.807) is 0 Å². The van der Waals surface area contributed by atoms with Crippen LogP contribution in [0.25, 0.3) is 0 Å². The average Bonchev–Trinajstić information content (AvgIpc) is 2.52. The summed E-state index contributed by atoms with van der Waals surface area (Å²) in [6, 6.07) is 29.2. The van der Waals surface area contributed by atoms with Gasteiger partial charge >= 0.3 is 0 Å². The van der Waals surface area contributed by atoms with Gasteiger partial charge in [-0.2, -0.15) is 18.2 Å². The molecular weight excluding hydrogens is 323 g/mol. The molecule has 0 amide bonds. The van der Waals surface area contributed by atoms with Crippen LogP contribution in [0.1, 0.15) is 11.1 Å². The van der Waals surface area contributed by atoms with Crippen molar-refractivity contribution in [3.63, 3.8) is 0 Å². The minimum absolute atomic E-state index is 0. The van der Waals surface area contributed by atoms with E-state index in [1.165, 1.54) is 25.8 Å². The van der Waals surface area contributed by atoms with E-state index in [0.717, 1.165) is 0 Å². The second-order valence-corrected chi connectivity index (χ2v) is 7.19. The summed E-state index contributed by atoms with van der Waals surface area (Å²) in [5.41, 5.74) is 2.60. The van der Waals surface area contributed by atoms with Gasteiger partial charge in [0.2, 0.25) is 0 Å². The molecule has 3 aromatic carbocycles. The van der Waals surface area contributed by atoms with Crippen LogP contribution in [0.4, 0.5) is 0 Å². The van der Waals surface area contributed by atoms with Crippen molar-refractivity contribution in [3.05, 3.63) is 90.0 Å². The maximum atomic E-state index is 3.11. The van der Waals surface area contributed by atoms with Crippen molar-refractivity contribution in [2.75, 3.05) is 0 Å². The number of hydrogen-bond acceptors (Lipinski definition) is 0. The van der Waals surface area contributed by atoms with E-state index >= 15 is 0 Å². The van der Waals surface area contributed by atoms with Crippen LogP contribution < -0.4 is 0 Å². The molecule has 3 rings (SSSR count). The van der Waals surface area contributed by atoms with Crippen LogP contribution in [0, 0.1) is 19.9 Å². The van der Waals surface area contributed by atoms with E-state index in [1.807, 2.05) is 12.1 Å². The summed E-state index contributed by atoms with van der Waals surface area (Å²) < 4.78 is 0. The first kappa shape index (κ1) is 17.0. The smallest absolute Gasteiger partial charge is 0.164 e. The monoisotopic (exact) mass is 341 g/mol. The molecule has 0 aliphatic rings. The molecule has 3 aromatic rings. The zero-order valence-electron chi connectivity index (χ0n) is 12.8. The van der Waals surface area contributed by atoms with Crippen molar-refractivity contribution >= 4 is 10.9 Å². The van der Waals surface area contributed by atoms with E-state index in [-0.39, 0.29) is 29.5 Å². The first-order chi connectivity index (χ1) is 10.2. The van der Waals surface area contributed by atoms with E-state index in [0.29, 0.717) is 0 Å². The van der Waals surface area contributed by atoms with Gasteiger partial charge in [0.05, 0.1) is 15.8 Å². The summed E-state index contributed by atoms with van der Waals surface area (Å²) in [6.45, 7) is 4.26. The van der Waals surface area contributed by atoms with Crippen LogP contribution in [0.15, 0.2) is 87.5 Å². The second kappa shape index (κ2) is 7.74. The van der Waals surface area contributed by atoms with Gasteiger partial charge in [-0.25, -0.2) is 0 Å². The first-order valence-electron chi connectivity index (χ1n) is 7.08. The van der Waals surface area contributed by atoms with Crippen LogP contribution in [0.2, 0.25) is 0 Å². The molecule has 0 aromatic heterocycles. The fraction of sp³-hybridized carbons (Fsp3) is 0.100. The van der Waals surface area contributed by atoms with E-state index in [4.69, 9.17) is 0 Å². The molecule has 0 N–H and O–H groups in total. The van der Waals surface area contributed by atoms with Gasteiger partial charge in [-0.3, -0.25) is 0 Å². The Labute approximate surface area is 147 Å². The summed E-state index contributed by atoms with van der Waals surface area (Å²) >= 11 is 0. The van der Waals surface area contributed by atoms with Crippen molar-refractivity contribution in [3.8, 4) is 0 Å². The minimum atomic E-state index is -0.0512. The molecule has 0 nitrogen and oxygen atoms in total. The maximum absolute atomic E-state index is 3.11. The number of benzene rings is 3. The van der Waals surface area contributed by atoms with Gasteiger partial charge in [0.15, 0.2) is 9.79 Å². The zero-order valence-corrected chi connectivity index (χ0v) is 15.0. The Hall–Kier alpha value is -1.41. The number of rotatable bonds is 3. The van der Waals surface area contributed by atoms with Gasteiger partial charge in [0.1, 0.15) is 0 Å². The molecular formula is C20H18SV. The Bertz CT molecular complexity index is 657. The van der Waals surface area contributed by atoms with Gasteiger partial charge in [-0.05, 0) is 38.1 Å². The third-order valence-corrected chi connectivity index (χ3v) is 5.67. The number of hydrogen-bond donors (Lipinski definition) is 0. The van der Waals surface area contributed by atoms with Gasteiger partial charge < -0.3 is 0 Å². The summed E-state index contributed by atoms with van der Waals surface area (Å²) in [7, 11) is -0.0512. The minimum Gasteiger partial charge on any atom is -0.183 e. The van der Waals surface area contributed by atoms with Crippen LogP contribution in [-0.2, 0) is 29.5 Å². The van der Waals surface area contributed by atoms with Gasteiger partial charge in [-0.1, -0.05) is 35.4 Å². The van der Waals surface area contributed by atoms with Gasteiger partial charge in [-0.15, -0.1) is 12.1 Å². The first-order valence-corrected chi connectivity index (χ1v) is 8.30. The molecule has 2 heteroatoms. The molecule has 0 heterocycles. The summed E-state index contributed by atoms with van der Waals surface area (Å²) in [5.74, 6) is 0. The predicted molar refractivity (Wildman–Crippen MR) is 89.8 cm³/mol. The van der Waals surface area contributed by atoms with Crippen LogP contribution in [-0.4, -0.2) is 0 Å². The molecule has 0 bridgehead atoms. The molecule has 0 spiro atoms. The van der Waals surface area contributed by atoms with E-state index < -0.39 is 0 Å². The van der Waals surface area contributed by atoms with Crippen LogP contribution >= 0.6 is 0 Å². The SMILES string of the molecule is Cc1ccc([S+](c2cc[c-]cc2)c2ccc(C)cc2)cc1.[V]. The van der Waals surface area contributed by atoms with Crippen molar-refractivity contribution in [1.82, 2.24) is 0 Å². The molecule has 0 aliphatic heterocycles.